The molecule has 0 aromatic rings. The van der Waals surface area contributed by atoms with E-state index in [0.29, 0.717) is 0 Å². The molecule has 0 saturated carbocycles. The van der Waals surface area contributed by atoms with Crippen LogP contribution < -0.4 is 16.6 Å². The third-order valence-corrected chi connectivity index (χ3v) is 0.930. The van der Waals surface area contributed by atoms with Crippen molar-refractivity contribution in [2.24, 2.45) is 5.84 Å². The van der Waals surface area contributed by atoms with Gasteiger partial charge in [-0.15, -0.1) is 0 Å². The van der Waals surface area contributed by atoms with Crippen molar-refractivity contribution in [3.05, 3.63) is 12.7 Å². The molecule has 0 heterocycles. The minimum atomic E-state index is -0.523. The number of ether oxygens (including phenoxy) is 1. The predicted octanol–water partition coefficient (Wildman–Crippen LogP) is -1.11. The van der Waals surface area contributed by atoms with Gasteiger partial charge < -0.3 is 10.1 Å². The number of hydrogen-bond donors (Lipinski definition) is 3. The molecule has 0 bridgehead atoms. The molecule has 2 amide bonds. The van der Waals surface area contributed by atoms with Gasteiger partial charge in [0.15, 0.2) is 0 Å². The van der Waals surface area contributed by atoms with Crippen LogP contribution in [0, 0.1) is 0 Å². The van der Waals surface area contributed by atoms with Gasteiger partial charge in [0.1, 0.15) is 6.61 Å². The van der Waals surface area contributed by atoms with E-state index in [1.807, 2.05) is 5.43 Å². The Hall–Kier alpha value is -1.56. The summed E-state index contributed by atoms with van der Waals surface area (Å²) < 4.78 is 4.55. The van der Waals surface area contributed by atoms with Crippen molar-refractivity contribution in [1.29, 1.82) is 0 Å². The lowest BCUT2D eigenvalue weighted by Gasteiger charge is -2.03. The maximum absolute atomic E-state index is 10.4. The molecule has 0 spiro atoms. The van der Waals surface area contributed by atoms with Crippen LogP contribution in [0.4, 0.5) is 4.79 Å². The minimum absolute atomic E-state index is 0.0955. The zero-order valence-corrected chi connectivity index (χ0v) is 6.50. The second-order valence-corrected chi connectivity index (χ2v) is 1.77. The first-order valence-electron chi connectivity index (χ1n) is 3.24. The second kappa shape index (κ2) is 6.17. The highest BCUT2D eigenvalue weighted by Crippen LogP contribution is 1.76. The van der Waals surface area contributed by atoms with E-state index in [1.54, 1.807) is 0 Å². The molecule has 4 N–H and O–H groups in total. The Balaban J connectivity index is 3.27. The lowest BCUT2D eigenvalue weighted by Crippen LogP contribution is -2.41. The van der Waals surface area contributed by atoms with Gasteiger partial charge >= 0.3 is 12.0 Å². The number of carbonyl (C=O) groups is 2. The first-order valence-corrected chi connectivity index (χ1v) is 3.24. The molecular weight excluding hydrogens is 162 g/mol. The Morgan fingerprint density at radius 2 is 2.25 bits per heavy atom. The summed E-state index contributed by atoms with van der Waals surface area (Å²) >= 11 is 0. The summed E-state index contributed by atoms with van der Waals surface area (Å²) in [5, 5.41) is 2.33. The van der Waals surface area contributed by atoms with Crippen LogP contribution in [0.1, 0.15) is 0 Å². The Bertz CT molecular complexity index is 181. The molecular formula is C6H11N3O3. The fraction of sp³-hybridized carbons (Fsp3) is 0.333. The molecule has 12 heavy (non-hydrogen) atoms. The Morgan fingerprint density at radius 3 is 2.75 bits per heavy atom. The first kappa shape index (κ1) is 10.4. The zero-order valence-electron chi connectivity index (χ0n) is 6.50. The molecule has 6 nitrogen and oxygen atoms in total. The van der Waals surface area contributed by atoms with Crippen molar-refractivity contribution in [1.82, 2.24) is 10.7 Å². The largest absolute Gasteiger partial charge is 0.461 e. The number of rotatable bonds is 4. The summed E-state index contributed by atoms with van der Waals surface area (Å²) in [5.74, 6) is 4.23. The van der Waals surface area contributed by atoms with Crippen LogP contribution in [0.15, 0.2) is 12.7 Å². The zero-order chi connectivity index (χ0) is 9.40. The summed E-state index contributed by atoms with van der Waals surface area (Å²) in [5.41, 5.74) is 1.86. The molecule has 0 rings (SSSR count). The quantitative estimate of drug-likeness (QED) is 0.125. The normalized spacial score (nSPS) is 8.42. The Kier molecular flexibility index (Phi) is 5.37. The van der Waals surface area contributed by atoms with E-state index < -0.39 is 12.0 Å². The number of hydrazine groups is 1. The van der Waals surface area contributed by atoms with Gasteiger partial charge in [0.25, 0.3) is 0 Å². The van der Waals surface area contributed by atoms with Crippen LogP contribution >= 0.6 is 0 Å². The van der Waals surface area contributed by atoms with Gasteiger partial charge in [0.05, 0.1) is 6.54 Å². The standard InChI is InChI=1S/C6H11N3O3/c1-2-5(10)12-4-3-8-6(11)9-7/h2H,1,3-4,7H2,(H2,8,9,11). The van der Waals surface area contributed by atoms with E-state index in [4.69, 9.17) is 5.84 Å². The predicted molar refractivity (Wildman–Crippen MR) is 41.9 cm³/mol. The van der Waals surface area contributed by atoms with E-state index in [-0.39, 0.29) is 13.2 Å². The number of nitrogens with two attached hydrogens (primary N) is 1. The van der Waals surface area contributed by atoms with Crippen LogP contribution in [-0.4, -0.2) is 25.2 Å². The van der Waals surface area contributed by atoms with Gasteiger partial charge in [0.2, 0.25) is 0 Å². The van der Waals surface area contributed by atoms with Crippen LogP contribution in [0.3, 0.4) is 0 Å². The third kappa shape index (κ3) is 5.24. The van der Waals surface area contributed by atoms with Crippen molar-refractivity contribution >= 4 is 12.0 Å². The molecule has 0 aliphatic carbocycles. The third-order valence-electron chi connectivity index (χ3n) is 0.930. The van der Waals surface area contributed by atoms with Crippen LogP contribution in [0.5, 0.6) is 0 Å². The van der Waals surface area contributed by atoms with Gasteiger partial charge in [-0.2, -0.15) is 0 Å². The van der Waals surface area contributed by atoms with Crippen LogP contribution in [0.2, 0.25) is 0 Å². The van der Waals surface area contributed by atoms with Crippen molar-refractivity contribution in [3.63, 3.8) is 0 Å². The number of carbonyl (C=O) groups excluding carboxylic acids is 2. The Labute approximate surface area is 69.7 Å². The van der Waals surface area contributed by atoms with Crippen molar-refractivity contribution in [3.8, 4) is 0 Å². The van der Waals surface area contributed by atoms with Crippen molar-refractivity contribution < 1.29 is 14.3 Å². The highest BCUT2D eigenvalue weighted by atomic mass is 16.5. The molecule has 0 aliphatic rings. The van der Waals surface area contributed by atoms with E-state index in [1.165, 1.54) is 0 Å². The molecule has 0 saturated heterocycles. The first-order chi connectivity index (χ1) is 5.70. The second-order valence-electron chi connectivity index (χ2n) is 1.77. The van der Waals surface area contributed by atoms with Crippen molar-refractivity contribution in [2.45, 2.75) is 0 Å². The molecule has 68 valence electrons. The lowest BCUT2D eigenvalue weighted by atomic mass is 10.6. The number of amides is 2. The fourth-order valence-electron chi connectivity index (χ4n) is 0.426. The van der Waals surface area contributed by atoms with Crippen molar-refractivity contribution in [2.75, 3.05) is 13.2 Å². The molecule has 0 fully saturated rings. The highest BCUT2D eigenvalue weighted by Gasteiger charge is 1.96. The van der Waals surface area contributed by atoms with E-state index in [9.17, 15) is 9.59 Å². The molecule has 6 heteroatoms. The number of hydrogen-bond acceptors (Lipinski definition) is 4. The number of urea groups is 1. The van der Waals surface area contributed by atoms with Gasteiger partial charge in [0, 0.05) is 6.08 Å². The minimum Gasteiger partial charge on any atom is -0.461 e. The molecule has 0 aromatic carbocycles. The Morgan fingerprint density at radius 1 is 1.58 bits per heavy atom. The van der Waals surface area contributed by atoms with Gasteiger partial charge in [-0.3, -0.25) is 5.43 Å². The molecule has 0 aromatic heterocycles. The fourth-order valence-corrected chi connectivity index (χ4v) is 0.426. The van der Waals surface area contributed by atoms with Crippen LogP contribution in [0.25, 0.3) is 0 Å². The lowest BCUT2D eigenvalue weighted by molar-refractivity contribution is -0.137. The molecule has 0 radical (unpaired) electrons. The summed E-state index contributed by atoms with van der Waals surface area (Å²) in [4.78, 5) is 20.9. The molecule has 0 aliphatic heterocycles. The smallest absolute Gasteiger partial charge is 0.330 e. The highest BCUT2D eigenvalue weighted by molar-refractivity contribution is 5.81. The summed E-state index contributed by atoms with van der Waals surface area (Å²) in [6, 6.07) is -0.523. The van der Waals surface area contributed by atoms with Gasteiger partial charge in [-0.25, -0.2) is 15.4 Å². The van der Waals surface area contributed by atoms with E-state index in [2.05, 4.69) is 16.6 Å². The average molecular weight is 173 g/mol. The number of esters is 1. The number of nitrogens with one attached hydrogen (secondary N) is 2. The molecule has 0 unspecified atom stereocenters. The topological polar surface area (TPSA) is 93.4 Å². The van der Waals surface area contributed by atoms with Crippen LogP contribution in [-0.2, 0) is 9.53 Å². The summed E-state index contributed by atoms with van der Waals surface area (Å²) in [6.07, 6.45) is 1.04. The summed E-state index contributed by atoms with van der Waals surface area (Å²) in [7, 11) is 0. The van der Waals surface area contributed by atoms with Gasteiger partial charge in [-0.1, -0.05) is 6.58 Å². The molecule has 0 atom stereocenters. The monoisotopic (exact) mass is 173 g/mol. The average Bonchev–Trinajstić information content (AvgIpc) is 2.11. The maximum atomic E-state index is 10.4. The van der Waals surface area contributed by atoms with E-state index in [0.717, 1.165) is 6.08 Å². The van der Waals surface area contributed by atoms with Gasteiger partial charge in [-0.05, 0) is 0 Å². The SMILES string of the molecule is C=CC(=O)OCCNC(=O)NN. The summed E-state index contributed by atoms with van der Waals surface area (Å²) in [6.45, 7) is 3.50. The maximum Gasteiger partial charge on any atom is 0.330 e. The van der Waals surface area contributed by atoms with E-state index >= 15 is 0 Å².